The van der Waals surface area contributed by atoms with E-state index in [0.29, 0.717) is 0 Å². The van der Waals surface area contributed by atoms with Gasteiger partial charge >= 0.3 is 11.9 Å². The molecular weight excluding hydrogens is 438 g/mol. The first-order valence-corrected chi connectivity index (χ1v) is 11.2. The van der Waals surface area contributed by atoms with Crippen molar-refractivity contribution in [1.29, 1.82) is 0 Å². The first-order chi connectivity index (χ1) is 16.4. The molecule has 0 aliphatic carbocycles. The van der Waals surface area contributed by atoms with Crippen molar-refractivity contribution in [2.24, 2.45) is 5.92 Å². The molecule has 0 spiro atoms. The first-order valence-electron chi connectivity index (χ1n) is 11.2. The fourth-order valence-corrected chi connectivity index (χ4v) is 4.37. The van der Waals surface area contributed by atoms with Gasteiger partial charge in [0.25, 0.3) is 0 Å². The number of esters is 2. The smallest absolute Gasteiger partial charge is 0.337 e. The van der Waals surface area contributed by atoms with E-state index in [0.717, 1.165) is 24.5 Å². The Balaban J connectivity index is 1.46. The van der Waals surface area contributed by atoms with Gasteiger partial charge in [0, 0.05) is 43.1 Å². The van der Waals surface area contributed by atoms with Gasteiger partial charge in [-0.05, 0) is 55.3 Å². The summed E-state index contributed by atoms with van der Waals surface area (Å²) >= 11 is 0. The number of rotatable bonds is 6. The number of benzene rings is 2. The van der Waals surface area contributed by atoms with Gasteiger partial charge in [-0.2, -0.15) is 0 Å². The topological polar surface area (TPSA) is 105 Å². The fraction of sp³-hybridized carbons (Fsp3) is 0.360. The zero-order chi connectivity index (χ0) is 24.2. The van der Waals surface area contributed by atoms with Gasteiger partial charge in [-0.25, -0.2) is 9.59 Å². The Labute approximate surface area is 197 Å². The number of nitrogens with zero attached hydrogens (tertiary/aromatic N) is 2. The summed E-state index contributed by atoms with van der Waals surface area (Å²) < 4.78 is 9.45. The highest BCUT2D eigenvalue weighted by molar-refractivity contribution is 6.05. The minimum Gasteiger partial charge on any atom is -0.465 e. The van der Waals surface area contributed by atoms with Crippen LogP contribution in [0.2, 0.25) is 0 Å². The molecule has 2 heterocycles. The van der Waals surface area contributed by atoms with E-state index in [9.17, 15) is 19.2 Å². The van der Waals surface area contributed by atoms with Crippen LogP contribution in [0.15, 0.2) is 42.5 Å². The third-order valence-electron chi connectivity index (χ3n) is 6.17. The van der Waals surface area contributed by atoms with Crippen LogP contribution < -0.4 is 15.1 Å². The van der Waals surface area contributed by atoms with Crippen molar-refractivity contribution >= 4 is 40.8 Å². The van der Waals surface area contributed by atoms with Gasteiger partial charge in [0.15, 0.2) is 0 Å². The second-order valence-corrected chi connectivity index (χ2v) is 8.39. The summed E-state index contributed by atoms with van der Waals surface area (Å²) in [5, 5.41) is 2.72. The quantitative estimate of drug-likeness (QED) is 0.654. The molecule has 2 aromatic carbocycles. The number of hydrogen-bond donors (Lipinski definition) is 1. The van der Waals surface area contributed by atoms with Crippen LogP contribution in [0, 0.1) is 5.92 Å². The molecule has 9 nitrogen and oxygen atoms in total. The molecule has 1 unspecified atom stereocenters. The SMILES string of the molecule is COC(=O)c1cc(NC(=O)C2CC(=O)N(c3ccc(N4CCCC4)cc3)C2)cc(C(=O)OC)c1. The Morgan fingerprint density at radius 1 is 0.882 bits per heavy atom. The maximum Gasteiger partial charge on any atom is 0.337 e. The molecule has 2 aliphatic rings. The summed E-state index contributed by atoms with van der Waals surface area (Å²) in [7, 11) is 2.45. The van der Waals surface area contributed by atoms with Crippen LogP contribution in [-0.4, -0.2) is 57.6 Å². The van der Waals surface area contributed by atoms with E-state index in [4.69, 9.17) is 9.47 Å². The van der Waals surface area contributed by atoms with Crippen molar-refractivity contribution in [1.82, 2.24) is 0 Å². The minimum atomic E-state index is -0.652. The maximum absolute atomic E-state index is 12.9. The Bertz CT molecular complexity index is 1070. The average molecular weight is 466 g/mol. The molecule has 4 rings (SSSR count). The van der Waals surface area contributed by atoms with Crippen LogP contribution in [0.3, 0.4) is 0 Å². The number of amides is 2. The first kappa shape index (κ1) is 23.3. The lowest BCUT2D eigenvalue weighted by Gasteiger charge is -2.20. The standard InChI is InChI=1S/C25H27N3O6/c1-33-24(31)16-11-17(25(32)34-2)13-19(12-16)26-23(30)18-14-22(29)28(15-18)21-7-5-20(6-8-21)27-9-3-4-10-27/h5-8,11-13,18H,3-4,9-10,14-15H2,1-2H3,(H,26,30). The Morgan fingerprint density at radius 2 is 1.44 bits per heavy atom. The number of nitrogens with one attached hydrogen (secondary N) is 1. The van der Waals surface area contributed by atoms with Crippen molar-refractivity contribution < 1.29 is 28.7 Å². The molecule has 0 aromatic heterocycles. The Morgan fingerprint density at radius 3 is 2.00 bits per heavy atom. The molecule has 9 heteroatoms. The molecular formula is C25H27N3O6. The van der Waals surface area contributed by atoms with Crippen LogP contribution in [-0.2, 0) is 19.1 Å². The summed E-state index contributed by atoms with van der Waals surface area (Å²) in [5.74, 6) is -2.38. The highest BCUT2D eigenvalue weighted by Crippen LogP contribution is 2.29. The highest BCUT2D eigenvalue weighted by Gasteiger charge is 2.35. The van der Waals surface area contributed by atoms with Gasteiger partial charge < -0.3 is 24.6 Å². The van der Waals surface area contributed by atoms with Crippen LogP contribution in [0.1, 0.15) is 40.0 Å². The van der Waals surface area contributed by atoms with Crippen molar-refractivity contribution in [3.05, 3.63) is 53.6 Å². The van der Waals surface area contributed by atoms with Gasteiger partial charge in [-0.15, -0.1) is 0 Å². The molecule has 0 radical (unpaired) electrons. The molecule has 2 fully saturated rings. The van der Waals surface area contributed by atoms with E-state index >= 15 is 0 Å². The number of carbonyl (C=O) groups excluding carboxylic acids is 4. The lowest BCUT2D eigenvalue weighted by atomic mass is 10.1. The molecule has 34 heavy (non-hydrogen) atoms. The lowest BCUT2D eigenvalue weighted by molar-refractivity contribution is -0.122. The number of anilines is 3. The van der Waals surface area contributed by atoms with Crippen molar-refractivity contribution in [3.8, 4) is 0 Å². The van der Waals surface area contributed by atoms with Crippen LogP contribution in [0.5, 0.6) is 0 Å². The van der Waals surface area contributed by atoms with Gasteiger partial charge in [-0.1, -0.05) is 0 Å². The van der Waals surface area contributed by atoms with Gasteiger partial charge in [-0.3, -0.25) is 9.59 Å². The van der Waals surface area contributed by atoms with Gasteiger partial charge in [0.05, 0.1) is 31.3 Å². The summed E-state index contributed by atoms with van der Waals surface area (Å²) in [6.45, 7) is 2.33. The molecule has 1 N–H and O–H groups in total. The Kier molecular flexibility index (Phi) is 6.81. The van der Waals surface area contributed by atoms with E-state index in [2.05, 4.69) is 10.2 Å². The van der Waals surface area contributed by atoms with E-state index in [1.54, 1.807) is 4.90 Å². The third-order valence-corrected chi connectivity index (χ3v) is 6.17. The summed E-state index contributed by atoms with van der Waals surface area (Å²) in [6.07, 6.45) is 2.44. The number of ether oxygens (including phenoxy) is 2. The number of methoxy groups -OCH3 is 2. The van der Waals surface area contributed by atoms with Crippen molar-refractivity contribution in [2.75, 3.05) is 49.0 Å². The van der Waals surface area contributed by atoms with E-state index in [1.807, 2.05) is 24.3 Å². The van der Waals surface area contributed by atoms with Crippen LogP contribution in [0.25, 0.3) is 0 Å². The lowest BCUT2D eigenvalue weighted by Crippen LogP contribution is -2.28. The average Bonchev–Trinajstić information content (AvgIpc) is 3.53. The molecule has 2 saturated heterocycles. The zero-order valence-corrected chi connectivity index (χ0v) is 19.2. The maximum atomic E-state index is 12.9. The number of carbonyl (C=O) groups is 4. The molecule has 2 aromatic rings. The van der Waals surface area contributed by atoms with Gasteiger partial charge in [0.2, 0.25) is 11.8 Å². The van der Waals surface area contributed by atoms with Crippen molar-refractivity contribution in [3.63, 3.8) is 0 Å². The second kappa shape index (κ2) is 9.94. The van der Waals surface area contributed by atoms with Crippen LogP contribution >= 0.6 is 0 Å². The zero-order valence-electron chi connectivity index (χ0n) is 19.2. The third kappa shape index (κ3) is 4.88. The molecule has 2 aliphatic heterocycles. The van der Waals surface area contributed by atoms with E-state index < -0.39 is 17.9 Å². The van der Waals surface area contributed by atoms with Crippen LogP contribution in [0.4, 0.5) is 17.1 Å². The minimum absolute atomic E-state index is 0.0697. The monoisotopic (exact) mass is 465 g/mol. The number of hydrogen-bond acceptors (Lipinski definition) is 7. The van der Waals surface area contributed by atoms with E-state index in [-0.39, 0.29) is 41.6 Å². The molecule has 2 amide bonds. The molecule has 1 atom stereocenters. The highest BCUT2D eigenvalue weighted by atomic mass is 16.5. The molecule has 0 bridgehead atoms. The summed E-state index contributed by atoms with van der Waals surface area (Å²) in [6, 6.07) is 12.0. The Hall–Kier alpha value is -3.88. The van der Waals surface area contributed by atoms with Crippen molar-refractivity contribution in [2.45, 2.75) is 19.3 Å². The predicted molar refractivity (Wildman–Crippen MR) is 126 cm³/mol. The largest absolute Gasteiger partial charge is 0.465 e. The van der Waals surface area contributed by atoms with E-state index in [1.165, 1.54) is 45.3 Å². The molecule has 178 valence electrons. The summed E-state index contributed by atoms with van der Waals surface area (Å²) in [5.41, 5.74) is 2.33. The second-order valence-electron chi connectivity index (χ2n) is 8.39. The van der Waals surface area contributed by atoms with Gasteiger partial charge in [0.1, 0.15) is 0 Å². The summed E-state index contributed by atoms with van der Waals surface area (Å²) in [4.78, 5) is 53.5. The molecule has 0 saturated carbocycles. The normalized spacial score (nSPS) is 17.6. The predicted octanol–water partition coefficient (Wildman–Crippen LogP) is 2.85. The fourth-order valence-electron chi connectivity index (χ4n) is 4.37.